The molecular formula is C22H28N2O5S2. The van der Waals surface area contributed by atoms with E-state index in [4.69, 9.17) is 0 Å². The van der Waals surface area contributed by atoms with Gasteiger partial charge < -0.3 is 10.0 Å². The molecule has 1 aliphatic heterocycles. The second-order valence-electron chi connectivity index (χ2n) is 8.96. The van der Waals surface area contributed by atoms with Gasteiger partial charge in [-0.3, -0.25) is 9.36 Å². The van der Waals surface area contributed by atoms with E-state index in [9.17, 15) is 23.1 Å². The van der Waals surface area contributed by atoms with Crippen LogP contribution in [0.2, 0.25) is 0 Å². The fourth-order valence-electron chi connectivity index (χ4n) is 3.88. The normalized spacial score (nSPS) is 19.9. The summed E-state index contributed by atoms with van der Waals surface area (Å²) in [4.78, 5) is 26.9. The highest BCUT2D eigenvalue weighted by Crippen LogP contribution is 2.38. The van der Waals surface area contributed by atoms with E-state index in [0.29, 0.717) is 12.2 Å². The monoisotopic (exact) mass is 464 g/mol. The van der Waals surface area contributed by atoms with Crippen LogP contribution in [0.3, 0.4) is 0 Å². The van der Waals surface area contributed by atoms with Crippen LogP contribution in [0, 0.1) is 5.41 Å². The Balaban J connectivity index is 1.76. The maximum atomic E-state index is 12.7. The molecule has 31 heavy (non-hydrogen) atoms. The van der Waals surface area contributed by atoms with Gasteiger partial charge in [-0.2, -0.15) is 0 Å². The Kier molecular flexibility index (Phi) is 6.57. The minimum Gasteiger partial charge on any atom is -0.465 e. The molecule has 1 amide bonds. The fraction of sp³-hybridized carbons (Fsp3) is 0.455. The van der Waals surface area contributed by atoms with Crippen molar-refractivity contribution in [2.24, 2.45) is 5.41 Å². The minimum absolute atomic E-state index is 0.0787. The number of benzene rings is 1. The first kappa shape index (κ1) is 23.4. The Hall–Kier alpha value is -2.26. The number of nitrogens with zero attached hydrogens (tertiary/aromatic N) is 2. The van der Waals surface area contributed by atoms with Crippen LogP contribution in [0.5, 0.6) is 0 Å². The zero-order valence-electron chi connectivity index (χ0n) is 18.1. The lowest BCUT2D eigenvalue weighted by Crippen LogP contribution is -2.52. The van der Waals surface area contributed by atoms with Crippen molar-refractivity contribution in [2.45, 2.75) is 54.7 Å². The molecule has 1 aromatic heterocycles. The first-order valence-corrected chi connectivity index (χ1v) is 12.8. The lowest BCUT2D eigenvalue weighted by atomic mass is 9.80. The van der Waals surface area contributed by atoms with Crippen LogP contribution in [0.4, 0.5) is 4.79 Å². The number of thioether (sulfide) groups is 1. The van der Waals surface area contributed by atoms with Crippen molar-refractivity contribution in [3.8, 4) is 5.69 Å². The summed E-state index contributed by atoms with van der Waals surface area (Å²) in [7, 11) is -3.29. The molecule has 1 aliphatic rings. The molecule has 2 atom stereocenters. The maximum absolute atomic E-state index is 12.7. The zero-order chi connectivity index (χ0) is 23.0. The number of rotatable bonds is 4. The highest BCUT2D eigenvalue weighted by Gasteiger charge is 2.38. The molecule has 2 heterocycles. The van der Waals surface area contributed by atoms with Crippen LogP contribution in [-0.4, -0.2) is 53.2 Å². The number of amides is 1. The first-order chi connectivity index (χ1) is 14.4. The van der Waals surface area contributed by atoms with Gasteiger partial charge in [0.25, 0.3) is 5.56 Å². The maximum Gasteiger partial charge on any atom is 0.407 e. The van der Waals surface area contributed by atoms with Crippen LogP contribution in [0.1, 0.15) is 33.6 Å². The zero-order valence-corrected chi connectivity index (χ0v) is 19.7. The Morgan fingerprint density at radius 1 is 1.16 bits per heavy atom. The second kappa shape index (κ2) is 8.70. The number of sulfone groups is 1. The second-order valence-corrected chi connectivity index (χ2v) is 12.3. The molecule has 1 fully saturated rings. The van der Waals surface area contributed by atoms with E-state index in [-0.39, 0.29) is 27.2 Å². The van der Waals surface area contributed by atoms with Gasteiger partial charge in [0.15, 0.2) is 9.84 Å². The quantitative estimate of drug-likeness (QED) is 0.737. The number of carboxylic acid groups (broad SMARTS) is 1. The van der Waals surface area contributed by atoms with Crippen LogP contribution < -0.4 is 5.56 Å². The summed E-state index contributed by atoms with van der Waals surface area (Å²) in [5, 5.41) is 9.75. The molecule has 2 unspecified atom stereocenters. The summed E-state index contributed by atoms with van der Waals surface area (Å²) >= 11 is 1.61. The average molecular weight is 465 g/mol. The Morgan fingerprint density at radius 3 is 2.32 bits per heavy atom. The van der Waals surface area contributed by atoms with Gasteiger partial charge in [-0.1, -0.05) is 20.8 Å². The van der Waals surface area contributed by atoms with Gasteiger partial charge in [-0.25, -0.2) is 13.2 Å². The molecule has 168 valence electrons. The Labute approximate surface area is 187 Å². The van der Waals surface area contributed by atoms with E-state index in [2.05, 4.69) is 20.8 Å². The predicted octanol–water partition coefficient (Wildman–Crippen LogP) is 3.89. The summed E-state index contributed by atoms with van der Waals surface area (Å²) in [6, 6.07) is 9.56. The lowest BCUT2D eigenvalue weighted by molar-refractivity contribution is 0.0613. The highest BCUT2D eigenvalue weighted by atomic mass is 32.2. The number of piperidine rings is 1. The molecule has 1 N–H and O–H groups in total. The molecule has 9 heteroatoms. The summed E-state index contributed by atoms with van der Waals surface area (Å²) in [6.07, 6.45) is 3.42. The number of hydrogen-bond acceptors (Lipinski definition) is 5. The molecule has 0 saturated carbocycles. The number of pyridine rings is 1. The van der Waals surface area contributed by atoms with Gasteiger partial charge in [-0.15, -0.1) is 11.8 Å². The molecule has 0 bridgehead atoms. The molecule has 1 aromatic carbocycles. The van der Waals surface area contributed by atoms with Crippen LogP contribution in [0.15, 0.2) is 57.2 Å². The van der Waals surface area contributed by atoms with E-state index in [1.165, 1.54) is 21.6 Å². The summed E-state index contributed by atoms with van der Waals surface area (Å²) in [5.74, 6) is 0. The summed E-state index contributed by atoms with van der Waals surface area (Å²) in [6.45, 7) is 6.64. The number of hydrogen-bond donors (Lipinski definition) is 1. The largest absolute Gasteiger partial charge is 0.465 e. The third-order valence-electron chi connectivity index (χ3n) is 5.54. The Morgan fingerprint density at radius 2 is 1.81 bits per heavy atom. The SMILES string of the molecule is CC(C)(C)C1CC(Sc2ccn(-c3ccc(S(C)(=O)=O)cc3)c(=O)c2)CCN1C(=O)O. The van der Waals surface area contributed by atoms with Crippen molar-refractivity contribution in [3.63, 3.8) is 0 Å². The van der Waals surface area contributed by atoms with Crippen molar-refractivity contribution >= 4 is 27.7 Å². The first-order valence-electron chi connectivity index (χ1n) is 10.1. The van der Waals surface area contributed by atoms with Gasteiger partial charge in [0.2, 0.25) is 0 Å². The predicted molar refractivity (Wildman–Crippen MR) is 122 cm³/mol. The van der Waals surface area contributed by atoms with Crippen molar-refractivity contribution in [1.82, 2.24) is 9.47 Å². The average Bonchev–Trinajstić information content (AvgIpc) is 2.67. The molecule has 1 saturated heterocycles. The van der Waals surface area contributed by atoms with Gasteiger partial charge >= 0.3 is 6.09 Å². The Bertz CT molecular complexity index is 1120. The molecule has 0 aliphatic carbocycles. The molecule has 2 aromatic rings. The van der Waals surface area contributed by atoms with Crippen molar-refractivity contribution in [2.75, 3.05) is 12.8 Å². The van der Waals surface area contributed by atoms with Crippen molar-refractivity contribution in [1.29, 1.82) is 0 Å². The standard InChI is InChI=1S/C22H28N2O5S2/c1-22(2,3)19-13-16(10-12-24(19)21(26)27)30-17-9-11-23(20(25)14-17)15-5-7-18(8-6-15)31(4,28)29/h5-9,11,14,16,19H,10,12-13H2,1-4H3,(H,26,27). The topological polar surface area (TPSA) is 96.7 Å². The fourth-order valence-corrected chi connectivity index (χ4v) is 5.71. The van der Waals surface area contributed by atoms with Gasteiger partial charge in [0.05, 0.1) is 4.90 Å². The third kappa shape index (κ3) is 5.51. The van der Waals surface area contributed by atoms with E-state index in [1.54, 1.807) is 36.2 Å². The van der Waals surface area contributed by atoms with E-state index >= 15 is 0 Å². The molecule has 0 radical (unpaired) electrons. The number of aromatic nitrogens is 1. The molecular weight excluding hydrogens is 436 g/mol. The number of carbonyl (C=O) groups is 1. The molecule has 3 rings (SSSR count). The number of likely N-dealkylation sites (tertiary alicyclic amines) is 1. The van der Waals surface area contributed by atoms with Crippen LogP contribution in [0.25, 0.3) is 5.69 Å². The third-order valence-corrected chi connectivity index (χ3v) is 7.95. The highest BCUT2D eigenvalue weighted by molar-refractivity contribution is 8.00. The van der Waals surface area contributed by atoms with E-state index < -0.39 is 15.9 Å². The van der Waals surface area contributed by atoms with Crippen molar-refractivity contribution < 1.29 is 18.3 Å². The van der Waals surface area contributed by atoms with E-state index in [0.717, 1.165) is 24.0 Å². The van der Waals surface area contributed by atoms with Gasteiger partial charge in [0.1, 0.15) is 0 Å². The van der Waals surface area contributed by atoms with E-state index in [1.807, 2.05) is 6.07 Å². The minimum atomic E-state index is -3.29. The van der Waals surface area contributed by atoms with Gasteiger partial charge in [-0.05, 0) is 48.6 Å². The smallest absolute Gasteiger partial charge is 0.407 e. The lowest BCUT2D eigenvalue weighted by Gasteiger charge is -2.44. The van der Waals surface area contributed by atoms with Crippen molar-refractivity contribution in [3.05, 3.63) is 52.9 Å². The molecule has 7 nitrogen and oxygen atoms in total. The summed E-state index contributed by atoms with van der Waals surface area (Å²) < 4.78 is 24.7. The van der Waals surface area contributed by atoms with Gasteiger partial charge in [0, 0.05) is 46.9 Å². The van der Waals surface area contributed by atoms with Crippen LogP contribution in [-0.2, 0) is 9.84 Å². The molecule has 0 spiro atoms. The van der Waals surface area contributed by atoms with Crippen LogP contribution >= 0.6 is 11.8 Å². The summed E-state index contributed by atoms with van der Waals surface area (Å²) in [5.41, 5.74) is 0.225.